The van der Waals surface area contributed by atoms with Crippen LogP contribution in [0.4, 0.5) is 5.69 Å². The number of hydrogen-bond acceptors (Lipinski definition) is 6. The summed E-state index contributed by atoms with van der Waals surface area (Å²) in [5.41, 5.74) is -1.00. The van der Waals surface area contributed by atoms with Crippen LogP contribution in [-0.4, -0.2) is 31.7 Å². The zero-order valence-electron chi connectivity index (χ0n) is 17.6. The van der Waals surface area contributed by atoms with E-state index in [1.807, 2.05) is 11.9 Å². The lowest BCUT2D eigenvalue weighted by Gasteiger charge is -2.37. The third-order valence-corrected chi connectivity index (χ3v) is 6.82. The number of fused-ring (bicyclic) bond motifs is 2. The van der Waals surface area contributed by atoms with Crippen molar-refractivity contribution in [1.29, 1.82) is 0 Å². The number of halogens is 2. The molecule has 12 heteroatoms. The minimum Gasteiger partial charge on any atom is -0.476 e. The van der Waals surface area contributed by atoms with Crippen LogP contribution in [0, 0.1) is 6.92 Å². The molecule has 0 bridgehead atoms. The van der Waals surface area contributed by atoms with Crippen LogP contribution in [0.5, 0.6) is 11.5 Å². The normalized spacial score (nSPS) is 15.6. The van der Waals surface area contributed by atoms with Crippen molar-refractivity contribution in [2.75, 3.05) is 5.32 Å². The lowest BCUT2D eigenvalue weighted by Crippen LogP contribution is -2.41. The van der Waals surface area contributed by atoms with Crippen molar-refractivity contribution in [3.8, 4) is 17.2 Å². The highest BCUT2D eigenvalue weighted by atomic mass is 35.5. The first-order valence-electron chi connectivity index (χ1n) is 10.2. The Bertz CT molecular complexity index is 1500. The van der Waals surface area contributed by atoms with E-state index in [2.05, 4.69) is 10.4 Å². The van der Waals surface area contributed by atoms with E-state index < -0.39 is 28.3 Å². The Balaban J connectivity index is 1.55. The number of ether oxygens (including phenoxy) is 1. The van der Waals surface area contributed by atoms with Gasteiger partial charge in [-0.05, 0) is 55.2 Å². The fraction of sp³-hybridized carbons (Fsp3) is 0.227. The number of carboxylic acid groups (broad SMARTS) is 1. The number of aromatic carboxylic acids is 1. The van der Waals surface area contributed by atoms with E-state index in [9.17, 15) is 19.2 Å². The number of aromatic nitrogens is 3. The number of amides is 1. The molecule has 1 aliphatic carbocycles. The van der Waals surface area contributed by atoms with E-state index in [4.69, 9.17) is 33.0 Å². The van der Waals surface area contributed by atoms with E-state index in [1.165, 1.54) is 12.1 Å². The van der Waals surface area contributed by atoms with Gasteiger partial charge in [-0.3, -0.25) is 14.6 Å². The SMILES string of the molecule is Cc1c(Oc2c(Cl)cc(-n3nc(C(=O)O)c(=O)[nH]c3=O)cc2Cl)ccc2c1C1(CCC1)C(=O)N2. The zero-order chi connectivity index (χ0) is 24.4. The summed E-state index contributed by atoms with van der Waals surface area (Å²) >= 11 is 12.8. The maximum absolute atomic E-state index is 12.6. The summed E-state index contributed by atoms with van der Waals surface area (Å²) < 4.78 is 6.70. The highest BCUT2D eigenvalue weighted by Gasteiger charge is 2.52. The van der Waals surface area contributed by atoms with Crippen molar-refractivity contribution < 1.29 is 19.4 Å². The first kappa shape index (κ1) is 22.2. The maximum atomic E-state index is 12.6. The van der Waals surface area contributed by atoms with Gasteiger partial charge in [0.05, 0.1) is 21.1 Å². The van der Waals surface area contributed by atoms with Gasteiger partial charge >= 0.3 is 11.7 Å². The quantitative estimate of drug-likeness (QED) is 0.495. The van der Waals surface area contributed by atoms with E-state index in [0.29, 0.717) is 10.4 Å². The number of hydrogen-bond donors (Lipinski definition) is 3. The van der Waals surface area contributed by atoms with Gasteiger partial charge in [-0.25, -0.2) is 9.59 Å². The second kappa shape index (κ2) is 7.71. The highest BCUT2D eigenvalue weighted by Crippen LogP contribution is 2.54. The Morgan fingerprint density at radius 1 is 1.18 bits per heavy atom. The molecular formula is C22H16Cl2N4O6. The van der Waals surface area contributed by atoms with Gasteiger partial charge in [0.1, 0.15) is 5.75 Å². The van der Waals surface area contributed by atoms with Crippen LogP contribution in [0.1, 0.15) is 40.9 Å². The summed E-state index contributed by atoms with van der Waals surface area (Å²) in [5.74, 6) is -1.04. The van der Waals surface area contributed by atoms with E-state index in [1.54, 1.807) is 12.1 Å². The topological polar surface area (TPSA) is 143 Å². The first-order chi connectivity index (χ1) is 16.1. The van der Waals surface area contributed by atoms with Crippen LogP contribution in [0.25, 0.3) is 5.69 Å². The predicted octanol–water partition coefficient (Wildman–Crippen LogP) is 3.40. The first-order valence-corrected chi connectivity index (χ1v) is 11.0. The molecule has 2 aromatic carbocycles. The number of anilines is 1. The Labute approximate surface area is 201 Å². The third-order valence-electron chi connectivity index (χ3n) is 6.25. The predicted molar refractivity (Wildman–Crippen MR) is 123 cm³/mol. The molecule has 0 atom stereocenters. The fourth-order valence-corrected chi connectivity index (χ4v) is 5.03. The number of H-pyrrole nitrogens is 1. The van der Waals surface area contributed by atoms with Crippen molar-refractivity contribution in [1.82, 2.24) is 14.8 Å². The van der Waals surface area contributed by atoms with Gasteiger partial charge in [0.2, 0.25) is 11.6 Å². The second-order valence-corrected chi connectivity index (χ2v) is 8.98. The Kier molecular flexibility index (Phi) is 5.03. The number of aromatic amines is 1. The molecule has 5 rings (SSSR count). The lowest BCUT2D eigenvalue weighted by atomic mass is 9.64. The van der Waals surface area contributed by atoms with Crippen molar-refractivity contribution in [2.24, 2.45) is 0 Å². The number of carboxylic acids is 1. The highest BCUT2D eigenvalue weighted by molar-refractivity contribution is 6.37. The molecule has 174 valence electrons. The van der Waals surface area contributed by atoms with Gasteiger partial charge in [0.15, 0.2) is 5.75 Å². The summed E-state index contributed by atoms with van der Waals surface area (Å²) in [6.07, 6.45) is 2.51. The summed E-state index contributed by atoms with van der Waals surface area (Å²) in [6, 6.07) is 6.10. The van der Waals surface area contributed by atoms with Gasteiger partial charge in [-0.1, -0.05) is 29.6 Å². The van der Waals surface area contributed by atoms with Crippen molar-refractivity contribution in [3.05, 3.63) is 72.0 Å². The number of carbonyl (C=O) groups is 2. The molecule has 0 saturated heterocycles. The molecule has 1 aromatic heterocycles. The monoisotopic (exact) mass is 502 g/mol. The molecule has 1 amide bonds. The van der Waals surface area contributed by atoms with E-state index in [0.717, 1.165) is 36.1 Å². The van der Waals surface area contributed by atoms with Crippen molar-refractivity contribution in [3.63, 3.8) is 0 Å². The molecule has 3 aromatic rings. The molecule has 1 saturated carbocycles. The summed E-state index contributed by atoms with van der Waals surface area (Å²) in [4.78, 5) is 49.5. The zero-order valence-corrected chi connectivity index (χ0v) is 19.1. The van der Waals surface area contributed by atoms with Gasteiger partial charge in [0, 0.05) is 5.69 Å². The fourth-order valence-electron chi connectivity index (χ4n) is 4.48. The molecule has 34 heavy (non-hydrogen) atoms. The Hall–Kier alpha value is -3.63. The number of rotatable bonds is 4. The molecule has 0 radical (unpaired) electrons. The number of benzene rings is 2. The minimum absolute atomic E-state index is 0.00556. The number of nitrogens with zero attached hydrogens (tertiary/aromatic N) is 2. The van der Waals surface area contributed by atoms with Gasteiger partial charge in [0.25, 0.3) is 5.56 Å². The van der Waals surface area contributed by atoms with E-state index >= 15 is 0 Å². The molecule has 3 N–H and O–H groups in total. The van der Waals surface area contributed by atoms with Gasteiger partial charge in [-0.15, -0.1) is 0 Å². The summed E-state index contributed by atoms with van der Waals surface area (Å²) in [7, 11) is 0. The Morgan fingerprint density at radius 3 is 2.44 bits per heavy atom. The standard InChI is InChI=1S/C22H16Cl2N4O6/c1-9-14(4-3-13-15(9)22(5-2-6-22)20(32)25-13)34-17-11(23)7-10(8-12(17)24)28-21(33)26-18(29)16(27-28)19(30)31/h3-4,7-8H,2,5-6H2,1H3,(H,25,32)(H,30,31)(H,26,29,33). The minimum atomic E-state index is -1.60. The van der Waals surface area contributed by atoms with Crippen LogP contribution in [-0.2, 0) is 10.2 Å². The molecule has 2 heterocycles. The summed E-state index contributed by atoms with van der Waals surface area (Å²) in [6.45, 7) is 1.86. The largest absolute Gasteiger partial charge is 0.476 e. The Morgan fingerprint density at radius 2 is 1.85 bits per heavy atom. The van der Waals surface area contributed by atoms with Crippen LogP contribution < -0.4 is 21.3 Å². The average Bonchev–Trinajstić information content (AvgIpc) is 3.04. The van der Waals surface area contributed by atoms with Gasteiger partial charge in [-0.2, -0.15) is 9.78 Å². The van der Waals surface area contributed by atoms with E-state index in [-0.39, 0.29) is 27.4 Å². The van der Waals surface area contributed by atoms with Crippen molar-refractivity contribution >= 4 is 40.8 Å². The molecular weight excluding hydrogens is 487 g/mol. The molecule has 10 nitrogen and oxygen atoms in total. The van der Waals surface area contributed by atoms with Crippen LogP contribution in [0.3, 0.4) is 0 Å². The van der Waals surface area contributed by atoms with Crippen LogP contribution >= 0.6 is 23.2 Å². The lowest BCUT2D eigenvalue weighted by molar-refractivity contribution is -0.123. The molecule has 1 fully saturated rings. The molecule has 1 spiro atoms. The summed E-state index contributed by atoms with van der Waals surface area (Å²) in [5, 5.41) is 15.7. The molecule has 0 unspecified atom stereocenters. The van der Waals surface area contributed by atoms with Crippen molar-refractivity contribution in [2.45, 2.75) is 31.6 Å². The molecule has 1 aliphatic heterocycles. The smallest absolute Gasteiger partial charge is 0.362 e. The molecule has 2 aliphatic rings. The van der Waals surface area contributed by atoms with Gasteiger partial charge < -0.3 is 15.2 Å². The van der Waals surface area contributed by atoms with Crippen LogP contribution in [0.15, 0.2) is 33.9 Å². The maximum Gasteiger partial charge on any atom is 0.362 e. The average molecular weight is 503 g/mol. The third kappa shape index (κ3) is 3.21. The number of nitrogens with one attached hydrogen (secondary N) is 2. The van der Waals surface area contributed by atoms with Crippen LogP contribution in [0.2, 0.25) is 10.0 Å². The second-order valence-electron chi connectivity index (χ2n) is 8.17. The number of carbonyl (C=O) groups excluding carboxylic acids is 1.